The van der Waals surface area contributed by atoms with Crippen LogP contribution >= 0.6 is 0 Å². The van der Waals surface area contributed by atoms with Crippen molar-refractivity contribution in [3.05, 3.63) is 35.9 Å². The van der Waals surface area contributed by atoms with Crippen LogP contribution in [0.4, 0.5) is 0 Å². The van der Waals surface area contributed by atoms with Crippen LogP contribution in [-0.2, 0) is 5.41 Å². The van der Waals surface area contributed by atoms with Crippen molar-refractivity contribution in [1.29, 1.82) is 0 Å². The van der Waals surface area contributed by atoms with Crippen molar-refractivity contribution < 1.29 is 0 Å². The van der Waals surface area contributed by atoms with Crippen LogP contribution in [-0.4, -0.2) is 0 Å². The van der Waals surface area contributed by atoms with Crippen LogP contribution in [0.2, 0.25) is 0 Å². The molecule has 0 N–H and O–H groups in total. The Balaban J connectivity index is 1.11. The Morgan fingerprint density at radius 1 is 0.500 bits per heavy atom. The van der Waals surface area contributed by atoms with Crippen LogP contribution in [0.25, 0.3) is 0 Å². The van der Waals surface area contributed by atoms with E-state index in [4.69, 9.17) is 0 Å². The molecular weight excluding hydrogens is 264 g/mol. The van der Waals surface area contributed by atoms with Gasteiger partial charge in [0.1, 0.15) is 0 Å². The molecule has 0 heterocycles. The molecule has 0 amide bonds. The average molecular weight is 282 g/mol. The summed E-state index contributed by atoms with van der Waals surface area (Å²) in [4.78, 5) is 0. The molecule has 0 aliphatic heterocycles. The van der Waals surface area contributed by atoms with Crippen molar-refractivity contribution in [2.75, 3.05) is 0 Å². The molecule has 0 radical (unpaired) electrons. The molecule has 1 aromatic rings. The second-order valence-electron chi connectivity index (χ2n) is 11.2. The predicted octanol–water partition coefficient (Wildman–Crippen LogP) is 3.04. The van der Waals surface area contributed by atoms with Gasteiger partial charge in [0.2, 0.25) is 0 Å². The first-order chi connectivity index (χ1) is 11.0. The summed E-state index contributed by atoms with van der Waals surface area (Å²) in [6.45, 7) is 0. The predicted molar refractivity (Wildman–Crippen MR) is 78.4 cm³/mol. The second-order valence-corrected chi connectivity index (χ2v) is 11.2. The summed E-state index contributed by atoms with van der Waals surface area (Å²) in [5, 5.41) is 0. The van der Waals surface area contributed by atoms with E-state index in [0.717, 1.165) is 16.2 Å². The number of benzene rings is 1. The van der Waals surface area contributed by atoms with Crippen molar-refractivity contribution in [3.8, 4) is 0 Å². The molecule has 0 bridgehead atoms. The fraction of sp³-hybridized carbons (Fsp3) is 0.727. The van der Waals surface area contributed by atoms with Gasteiger partial charge < -0.3 is 0 Å². The Morgan fingerprint density at radius 3 is 1.55 bits per heavy atom. The van der Waals surface area contributed by atoms with E-state index < -0.39 is 0 Å². The molecule has 0 nitrogen and oxygen atoms in total. The molecule has 12 fully saturated rings. The summed E-state index contributed by atoms with van der Waals surface area (Å²) in [7, 11) is 0. The monoisotopic (exact) mass is 282 g/mol. The number of rotatable bonds is 2. The molecule has 106 valence electrons. The highest BCUT2D eigenvalue weighted by atomic mass is 15.2. The van der Waals surface area contributed by atoms with Gasteiger partial charge in [0.05, 0.1) is 0 Å². The van der Waals surface area contributed by atoms with Crippen molar-refractivity contribution in [2.45, 2.75) is 5.41 Å². The molecule has 0 aromatic heterocycles. The van der Waals surface area contributed by atoms with Crippen LogP contribution in [0.1, 0.15) is 5.56 Å². The maximum absolute atomic E-state index is 2.47. The van der Waals surface area contributed by atoms with Gasteiger partial charge in [-0.3, -0.25) is 0 Å². The summed E-state index contributed by atoms with van der Waals surface area (Å²) in [5.74, 6) is 16.5. The van der Waals surface area contributed by atoms with Crippen LogP contribution in [0.3, 0.4) is 0 Å². The maximum atomic E-state index is 2.47. The molecule has 0 spiro atoms. The maximum Gasteiger partial charge on any atom is 0.00554 e. The van der Waals surface area contributed by atoms with Gasteiger partial charge in [0.25, 0.3) is 0 Å². The van der Waals surface area contributed by atoms with Gasteiger partial charge in [-0.15, -0.1) is 0 Å². The fourth-order valence-corrected chi connectivity index (χ4v) is 14.0. The Bertz CT molecular complexity index is 803. The normalized spacial score (nSPS) is 92.6. The first-order valence-electron chi connectivity index (χ1n) is 10.0. The van der Waals surface area contributed by atoms with E-state index in [2.05, 4.69) is 30.3 Å². The standard InChI is InChI=1S/C22H18/c1-2-4-6(5-3-1)20-14-17-15(20)19-16(20)18(14)22(17,19)21-11-8-7-9(11)13(21)10(7)12(8)21/h1-5,7-19H. The minimum absolute atomic E-state index is 0.752. The third-order valence-electron chi connectivity index (χ3n) is 13.1. The lowest BCUT2D eigenvalue weighted by atomic mass is 8.82. The van der Waals surface area contributed by atoms with E-state index >= 15 is 0 Å². The van der Waals surface area contributed by atoms with Crippen LogP contribution in [0.5, 0.6) is 0 Å². The van der Waals surface area contributed by atoms with Crippen LogP contribution < -0.4 is 0 Å². The highest BCUT2D eigenvalue weighted by molar-refractivity contribution is 5.68. The van der Waals surface area contributed by atoms with E-state index in [9.17, 15) is 0 Å². The number of hydrogen-bond donors (Lipinski definition) is 0. The van der Waals surface area contributed by atoms with Crippen molar-refractivity contribution >= 4 is 0 Å². The van der Waals surface area contributed by atoms with E-state index in [0.29, 0.717) is 0 Å². The lowest BCUT2D eigenvalue weighted by Crippen LogP contribution is -3.20. The SMILES string of the molecule is c1ccc(C23C4C5C2C2C3C4C52C23C4C5C6C4C2C6C53)cc1. The average Bonchev–Trinajstić information content (AvgIpc) is 2.62. The van der Waals surface area contributed by atoms with E-state index in [1.807, 2.05) is 0 Å². The second kappa shape index (κ2) is 1.81. The molecular formula is C22H18. The topological polar surface area (TPSA) is 0 Å². The van der Waals surface area contributed by atoms with Gasteiger partial charge in [-0.25, -0.2) is 0 Å². The lowest BCUT2D eigenvalue weighted by molar-refractivity contribution is -0.744. The van der Waals surface area contributed by atoms with Gasteiger partial charge in [-0.2, -0.15) is 0 Å². The summed E-state index contributed by atoms with van der Waals surface area (Å²) < 4.78 is 0. The molecule has 12 saturated carbocycles. The van der Waals surface area contributed by atoms with Gasteiger partial charge in [0.15, 0.2) is 0 Å². The quantitative estimate of drug-likeness (QED) is 0.782. The number of hydrogen-bond acceptors (Lipinski definition) is 0. The van der Waals surface area contributed by atoms with Crippen LogP contribution in [0.15, 0.2) is 30.3 Å². The smallest absolute Gasteiger partial charge is 0.00554 e. The summed E-state index contributed by atoms with van der Waals surface area (Å²) in [6.07, 6.45) is 0. The summed E-state index contributed by atoms with van der Waals surface area (Å²) in [6, 6.07) is 11.7. The van der Waals surface area contributed by atoms with Crippen molar-refractivity contribution in [1.82, 2.24) is 0 Å². The minimum atomic E-state index is 0.752. The van der Waals surface area contributed by atoms with Crippen molar-refractivity contribution in [3.63, 3.8) is 0 Å². The highest BCUT2D eigenvalue weighted by Crippen LogP contribution is 3.20. The Labute approximate surface area is 129 Å². The molecule has 13 rings (SSSR count). The zero-order valence-corrected chi connectivity index (χ0v) is 12.4. The summed E-state index contributed by atoms with van der Waals surface area (Å²) >= 11 is 0. The molecule has 0 unspecified atom stereocenters. The first-order valence-corrected chi connectivity index (χ1v) is 10.0. The largest absolute Gasteiger partial charge is 0.0622 e. The highest BCUT2D eigenvalue weighted by Gasteiger charge is 3.19. The third kappa shape index (κ3) is 0.344. The van der Waals surface area contributed by atoms with Crippen LogP contribution in [0, 0.1) is 87.8 Å². The zero-order chi connectivity index (χ0) is 13.1. The Morgan fingerprint density at radius 2 is 1.00 bits per heavy atom. The van der Waals surface area contributed by atoms with Crippen molar-refractivity contribution in [2.24, 2.45) is 87.8 Å². The Hall–Kier alpha value is -0.780. The third-order valence-corrected chi connectivity index (χ3v) is 13.1. The van der Waals surface area contributed by atoms with Gasteiger partial charge >= 0.3 is 0 Å². The van der Waals surface area contributed by atoms with Gasteiger partial charge in [0, 0.05) is 5.41 Å². The Kier molecular flexibility index (Phi) is 0.733. The molecule has 0 atom stereocenters. The van der Waals surface area contributed by atoms with E-state index in [1.54, 1.807) is 5.56 Å². The first kappa shape index (κ1) is 8.90. The lowest BCUT2D eigenvalue weighted by Gasteiger charge is -3.21. The molecule has 12 aliphatic carbocycles. The molecule has 1 aromatic carbocycles. The fourth-order valence-electron chi connectivity index (χ4n) is 14.0. The van der Waals surface area contributed by atoms with Gasteiger partial charge in [-0.05, 0) is 93.3 Å². The minimum Gasteiger partial charge on any atom is -0.0622 e. The zero-order valence-electron chi connectivity index (χ0n) is 12.4. The van der Waals surface area contributed by atoms with E-state index in [-0.39, 0.29) is 0 Å². The van der Waals surface area contributed by atoms with Gasteiger partial charge in [-0.1, -0.05) is 30.3 Å². The molecule has 0 saturated heterocycles. The molecule has 22 heavy (non-hydrogen) atoms. The molecule has 12 aliphatic rings. The van der Waals surface area contributed by atoms with E-state index in [1.165, 1.54) is 76.9 Å². The molecule has 0 heteroatoms. The summed E-state index contributed by atoms with van der Waals surface area (Å²) in [5.41, 5.74) is 4.55.